The highest BCUT2D eigenvalue weighted by Gasteiger charge is 2.30. The Balaban J connectivity index is 0.000000261. The van der Waals surface area contributed by atoms with E-state index in [1.54, 1.807) is 22.2 Å². The zero-order chi connectivity index (χ0) is 59.7. The minimum atomic E-state index is -4.71. The summed E-state index contributed by atoms with van der Waals surface area (Å²) in [7, 11) is -9.43. The van der Waals surface area contributed by atoms with Gasteiger partial charge in [-0.25, -0.2) is 50.4 Å². The van der Waals surface area contributed by atoms with Gasteiger partial charge in [-0.1, -0.05) is 42.3 Å². The lowest BCUT2D eigenvalue weighted by molar-refractivity contribution is -0.385. The number of sulfone groups is 1. The first-order valence-corrected chi connectivity index (χ1v) is 26.3. The van der Waals surface area contributed by atoms with Crippen molar-refractivity contribution in [3.63, 3.8) is 0 Å². The van der Waals surface area contributed by atoms with Crippen molar-refractivity contribution >= 4 is 94.7 Å². The normalized spacial score (nSPS) is 11.1. The number of hydrogen-bond donors (Lipinski definition) is 5. The lowest BCUT2D eigenvalue weighted by Crippen LogP contribution is -2.36. The molecule has 0 atom stereocenters. The second-order valence-corrected chi connectivity index (χ2v) is 20.5. The van der Waals surface area contributed by atoms with Gasteiger partial charge in [0.15, 0.2) is 14.9 Å². The number of anilines is 2. The van der Waals surface area contributed by atoms with E-state index in [-0.39, 0.29) is 45.5 Å². The summed E-state index contributed by atoms with van der Waals surface area (Å²) in [5, 5.41) is 23.7. The lowest BCUT2D eigenvalue weighted by atomic mass is 10.1. The van der Waals surface area contributed by atoms with Crippen LogP contribution < -0.4 is 43.8 Å². The van der Waals surface area contributed by atoms with E-state index in [2.05, 4.69) is 44.4 Å². The van der Waals surface area contributed by atoms with E-state index in [9.17, 15) is 72.1 Å². The highest BCUT2D eigenvalue weighted by atomic mass is 35.5. The Morgan fingerprint density at radius 1 is 0.688 bits per heavy atom. The van der Waals surface area contributed by atoms with Crippen molar-refractivity contribution in [2.24, 2.45) is 0 Å². The number of sulfonamides is 2. The number of benzene rings is 3. The fourth-order valence-electron chi connectivity index (χ4n) is 5.58. The number of halogens is 6. The Kier molecular flexibility index (Phi) is 22.3. The van der Waals surface area contributed by atoms with E-state index in [4.69, 9.17) is 42.5 Å². The predicted octanol–water partition coefficient (Wildman–Crippen LogP) is 6.56. The minimum Gasteiger partial charge on any atom is -0.481 e. The van der Waals surface area contributed by atoms with Crippen molar-refractivity contribution in [3.05, 3.63) is 122 Å². The first kappa shape index (κ1) is 63.5. The molecule has 0 spiro atoms. The molecule has 0 aliphatic carbocycles. The first-order chi connectivity index (χ1) is 37.5. The molecule has 3 aromatic heterocycles. The Labute approximate surface area is 457 Å². The highest BCUT2D eigenvalue weighted by Crippen LogP contribution is 2.34. The van der Waals surface area contributed by atoms with E-state index >= 15 is 0 Å². The van der Waals surface area contributed by atoms with Crippen LogP contribution in [0.15, 0.2) is 106 Å². The number of nitrogens with zero attached hydrogens (tertiary/aromatic N) is 6. The Morgan fingerprint density at radius 3 is 1.71 bits per heavy atom. The van der Waals surface area contributed by atoms with Gasteiger partial charge >= 0.3 is 37.2 Å². The number of aromatic nitrogens is 5. The van der Waals surface area contributed by atoms with Crippen LogP contribution in [0.5, 0.6) is 35.0 Å². The van der Waals surface area contributed by atoms with Gasteiger partial charge in [-0.2, -0.15) is 45.9 Å². The number of nitro groups is 1. The second-order valence-electron chi connectivity index (χ2n) is 14.1. The van der Waals surface area contributed by atoms with Gasteiger partial charge in [0.25, 0.3) is 25.7 Å². The zero-order valence-electron chi connectivity index (χ0n) is 40.5. The molecule has 0 unspecified atom stereocenters. The molecule has 38 heteroatoms. The second kappa shape index (κ2) is 28.1. The topological polar surface area (TPSA) is 402 Å². The molecule has 6 aromatic rings. The van der Waals surface area contributed by atoms with Crippen LogP contribution in [-0.4, -0.2) is 125 Å². The van der Waals surface area contributed by atoms with Crippen molar-refractivity contribution in [1.82, 2.24) is 34.4 Å². The number of pyridine rings is 1. The maximum Gasteiger partial charge on any atom is 0.388 e. The Morgan fingerprint density at radius 2 is 1.21 bits per heavy atom. The summed E-state index contributed by atoms with van der Waals surface area (Å²) in [5.41, 5.74) is -1.23. The fraction of sp³-hybridized carbons (Fsp3) is 0.167. The number of carboxylic acid groups (broad SMARTS) is 1. The molecule has 0 saturated carbocycles. The molecule has 0 aliphatic rings. The minimum absolute atomic E-state index is 0.0612. The molecule has 0 fully saturated rings. The van der Waals surface area contributed by atoms with E-state index in [1.165, 1.54) is 68.3 Å². The Hall–Kier alpha value is -9.00. The zero-order valence-corrected chi connectivity index (χ0v) is 44.5. The number of rotatable bonds is 19. The number of urea groups is 2. The molecule has 3 aromatic carbocycles. The number of alkyl halides is 4. The standard InChI is InChI=1S/C14H9Cl2NO5.C14H10F4N4O7S.C14H17N5O7S2/c1-21-14(18)10-7-9(3-4-12(10)17(19)20)22-13-5-2-8(15)6-11(13)16;15-11(16)28-8-5-9(29-12(17)18)20-13(19-8)21-14(25)22-30(26,27)7-4-2-1-3-6(7)10(23)24;1-4-27(21,22)9-6-5-7-15-12(9)28(23,24)19-14(20)18-13-16-10(25-2)8-11(17-13)26-3/h2-7H,1H3;1-5,11-12H,(H,23,24)(H2,19,20,21,22,25);5-8H,4H2,1-3H3,(H2,16,17,18,19,20). The molecule has 80 heavy (non-hydrogen) atoms. The number of methoxy groups -OCH3 is 3. The van der Waals surface area contributed by atoms with E-state index < -0.39 is 110 Å². The van der Waals surface area contributed by atoms with Gasteiger partial charge < -0.3 is 33.5 Å². The lowest BCUT2D eigenvalue weighted by Gasteiger charge is -2.11. The molecule has 0 bridgehead atoms. The quantitative estimate of drug-likeness (QED) is 0.0248. The number of carbonyl (C=O) groups excluding carboxylic acids is 3. The van der Waals surface area contributed by atoms with Crippen LogP contribution in [0.2, 0.25) is 10.0 Å². The molecule has 3 heterocycles. The molecule has 428 valence electrons. The molecule has 0 saturated heterocycles. The summed E-state index contributed by atoms with van der Waals surface area (Å²) in [5.74, 6) is -5.30. The number of aromatic carboxylic acids is 1. The number of hydrogen-bond acceptors (Lipinski definition) is 23. The molecular formula is C42H36Cl2F4N10O19S3. The maximum absolute atomic E-state index is 12.5. The van der Waals surface area contributed by atoms with Gasteiger partial charge in [0.1, 0.15) is 26.9 Å². The molecular weight excluding hydrogens is 1190 g/mol. The Bertz CT molecular complexity index is 3590. The van der Waals surface area contributed by atoms with Crippen molar-refractivity contribution in [3.8, 4) is 35.0 Å². The van der Waals surface area contributed by atoms with Crippen molar-refractivity contribution in [2.45, 2.75) is 35.0 Å². The number of carbonyl (C=O) groups is 4. The summed E-state index contributed by atoms with van der Waals surface area (Å²) in [6.07, 6.45) is 1.09. The van der Waals surface area contributed by atoms with E-state index in [1.807, 2.05) is 0 Å². The van der Waals surface area contributed by atoms with Crippen LogP contribution in [0.1, 0.15) is 27.6 Å². The maximum atomic E-state index is 12.5. The smallest absolute Gasteiger partial charge is 0.388 e. The summed E-state index contributed by atoms with van der Waals surface area (Å²) in [4.78, 5) is 73.6. The highest BCUT2D eigenvalue weighted by molar-refractivity contribution is 7.93. The average Bonchev–Trinajstić information content (AvgIpc) is 3.40. The van der Waals surface area contributed by atoms with E-state index in [0.717, 1.165) is 37.6 Å². The summed E-state index contributed by atoms with van der Waals surface area (Å²) in [6, 6.07) is 14.0. The molecule has 0 radical (unpaired) electrons. The summed E-state index contributed by atoms with van der Waals surface area (Å²) >= 11 is 11.8. The number of ether oxygens (including phenoxy) is 6. The van der Waals surface area contributed by atoms with Crippen LogP contribution in [0.25, 0.3) is 0 Å². The number of esters is 1. The number of nitro benzene ring substituents is 1. The summed E-state index contributed by atoms with van der Waals surface area (Å²) < 4.78 is 154. The monoisotopic (exact) mass is 1230 g/mol. The van der Waals surface area contributed by atoms with Gasteiger partial charge in [-0.3, -0.25) is 20.7 Å². The third-order valence-electron chi connectivity index (χ3n) is 8.91. The predicted molar refractivity (Wildman–Crippen MR) is 265 cm³/mol. The van der Waals surface area contributed by atoms with Gasteiger partial charge in [0.2, 0.25) is 35.4 Å². The van der Waals surface area contributed by atoms with Crippen molar-refractivity contribution < 1.29 is 100 Å². The van der Waals surface area contributed by atoms with Gasteiger partial charge in [0, 0.05) is 23.4 Å². The third-order valence-corrected chi connectivity index (χ3v) is 14.0. The number of amides is 4. The fourth-order valence-corrected chi connectivity index (χ4v) is 9.68. The number of carboxylic acids is 1. The van der Waals surface area contributed by atoms with Crippen LogP contribution in [0.3, 0.4) is 0 Å². The SMILES string of the molecule is CCS(=O)(=O)c1cccnc1S(=O)(=O)NC(=O)Nc1nc(OC)cc(OC)n1.COC(=O)c1cc(Oc2ccc(Cl)cc2Cl)ccc1[N+](=O)[O-].O=C(Nc1nc(OC(F)F)cc(OC(F)F)n1)NS(=O)(=O)c1ccccc1C(=O)O. The average molecular weight is 1230 g/mol. The van der Waals surface area contributed by atoms with Gasteiger partial charge in [0.05, 0.1) is 54.7 Å². The van der Waals surface area contributed by atoms with E-state index in [0.29, 0.717) is 16.8 Å². The first-order valence-electron chi connectivity index (χ1n) is 21.0. The van der Waals surface area contributed by atoms with Gasteiger partial charge in [-0.05, 0) is 48.5 Å². The molecule has 6 rings (SSSR count). The van der Waals surface area contributed by atoms with Crippen LogP contribution in [0.4, 0.5) is 44.7 Å². The largest absolute Gasteiger partial charge is 0.481 e. The molecule has 0 aliphatic heterocycles. The van der Waals surface area contributed by atoms with Gasteiger partial charge in [-0.15, -0.1) is 0 Å². The number of nitrogens with one attached hydrogen (secondary N) is 4. The van der Waals surface area contributed by atoms with Crippen molar-refractivity contribution in [1.29, 1.82) is 0 Å². The van der Waals surface area contributed by atoms with Crippen molar-refractivity contribution in [2.75, 3.05) is 37.7 Å². The van der Waals surface area contributed by atoms with Crippen LogP contribution in [0, 0.1) is 10.1 Å². The molecule has 5 N–H and O–H groups in total. The molecule has 4 amide bonds. The van der Waals surface area contributed by atoms with Crippen LogP contribution >= 0.6 is 23.2 Å². The molecule has 29 nitrogen and oxygen atoms in total. The third kappa shape index (κ3) is 18.3. The van der Waals surface area contributed by atoms with Crippen LogP contribution in [-0.2, 0) is 34.6 Å². The summed E-state index contributed by atoms with van der Waals surface area (Å²) in [6.45, 7) is -5.46.